The molecular weight excluding hydrogens is 156 g/mol. The van der Waals surface area contributed by atoms with Gasteiger partial charge in [0.2, 0.25) is 0 Å². The predicted molar refractivity (Wildman–Crippen MR) is 45.9 cm³/mol. The molecule has 0 unspecified atom stereocenters. The molecule has 0 saturated carbocycles. The first-order valence-electron chi connectivity index (χ1n) is 4.72. The molecule has 12 heavy (non-hydrogen) atoms. The lowest BCUT2D eigenvalue weighted by Gasteiger charge is -2.12. The van der Waals surface area contributed by atoms with Crippen LogP contribution in [0, 0.1) is 0 Å². The maximum Gasteiger partial charge on any atom is 0.109 e. The van der Waals surface area contributed by atoms with Gasteiger partial charge >= 0.3 is 0 Å². The van der Waals surface area contributed by atoms with E-state index >= 15 is 0 Å². The summed E-state index contributed by atoms with van der Waals surface area (Å²) in [7, 11) is 0. The Labute approximate surface area is 73.4 Å². The fraction of sp³-hybridized carbons (Fsp3) is 1.00. The molecule has 4 atom stereocenters. The van der Waals surface area contributed by atoms with Gasteiger partial charge in [0.15, 0.2) is 0 Å². The first kappa shape index (κ1) is 9.96. The molecule has 2 N–H and O–H groups in total. The zero-order valence-electron chi connectivity index (χ0n) is 7.73. The average Bonchev–Trinajstić information content (AvgIpc) is 2.33. The third-order valence-electron chi connectivity index (χ3n) is 2.44. The van der Waals surface area contributed by atoms with Crippen LogP contribution in [-0.2, 0) is 4.74 Å². The van der Waals surface area contributed by atoms with E-state index in [4.69, 9.17) is 4.74 Å². The Bertz CT molecular complexity index is 138. The van der Waals surface area contributed by atoms with Gasteiger partial charge in [0.1, 0.15) is 12.2 Å². The molecule has 1 aliphatic rings. The van der Waals surface area contributed by atoms with E-state index in [2.05, 4.69) is 0 Å². The second kappa shape index (κ2) is 4.21. The standard InChI is InChI=1S/C9H18O3/c1-3-5-7-9(11)8(10)6(4-2)12-7/h6-11H,3-5H2,1-2H3/t6-,7+,8-,9+/m1/s1. The normalized spacial score (nSPS) is 42.0. The van der Waals surface area contributed by atoms with Crippen LogP contribution in [0.4, 0.5) is 0 Å². The highest BCUT2D eigenvalue weighted by Crippen LogP contribution is 2.25. The number of aliphatic hydroxyl groups excluding tert-OH is 2. The zero-order chi connectivity index (χ0) is 9.14. The first-order chi connectivity index (χ1) is 5.70. The fourth-order valence-electron chi connectivity index (χ4n) is 1.69. The number of aliphatic hydroxyl groups is 2. The smallest absolute Gasteiger partial charge is 0.109 e. The van der Waals surface area contributed by atoms with Crippen LogP contribution in [0.15, 0.2) is 0 Å². The lowest BCUT2D eigenvalue weighted by Crippen LogP contribution is -2.32. The van der Waals surface area contributed by atoms with Crippen LogP contribution in [-0.4, -0.2) is 34.6 Å². The second-order valence-electron chi connectivity index (χ2n) is 3.39. The first-order valence-corrected chi connectivity index (χ1v) is 4.72. The molecule has 1 aliphatic heterocycles. The third kappa shape index (κ3) is 1.79. The summed E-state index contributed by atoms with van der Waals surface area (Å²) in [4.78, 5) is 0. The highest BCUT2D eigenvalue weighted by molar-refractivity contribution is 4.89. The molecule has 0 aliphatic carbocycles. The highest BCUT2D eigenvalue weighted by atomic mass is 16.5. The molecule has 0 aromatic rings. The zero-order valence-corrected chi connectivity index (χ0v) is 7.73. The highest BCUT2D eigenvalue weighted by Gasteiger charge is 2.40. The SMILES string of the molecule is CCC[C@@H]1O[C@H](CC)[C@@H](O)[C@H]1O. The minimum Gasteiger partial charge on any atom is -0.388 e. The van der Waals surface area contributed by atoms with Gasteiger partial charge in [-0.05, 0) is 12.8 Å². The topological polar surface area (TPSA) is 49.7 Å². The van der Waals surface area contributed by atoms with Crippen molar-refractivity contribution < 1.29 is 14.9 Å². The summed E-state index contributed by atoms with van der Waals surface area (Å²) in [5.74, 6) is 0. The fourth-order valence-corrected chi connectivity index (χ4v) is 1.69. The van der Waals surface area contributed by atoms with Crippen molar-refractivity contribution in [1.29, 1.82) is 0 Å². The summed E-state index contributed by atoms with van der Waals surface area (Å²) >= 11 is 0. The van der Waals surface area contributed by atoms with E-state index in [0.29, 0.717) is 0 Å². The maximum absolute atomic E-state index is 9.52. The van der Waals surface area contributed by atoms with Crippen LogP contribution >= 0.6 is 0 Å². The van der Waals surface area contributed by atoms with Gasteiger partial charge in [0, 0.05) is 0 Å². The number of ether oxygens (including phenoxy) is 1. The van der Waals surface area contributed by atoms with E-state index < -0.39 is 12.2 Å². The van der Waals surface area contributed by atoms with Gasteiger partial charge in [-0.3, -0.25) is 0 Å². The lowest BCUT2D eigenvalue weighted by atomic mass is 10.0. The van der Waals surface area contributed by atoms with Gasteiger partial charge < -0.3 is 14.9 Å². The Kier molecular flexibility index (Phi) is 3.50. The molecule has 0 amide bonds. The Morgan fingerprint density at radius 1 is 1.08 bits per heavy atom. The van der Waals surface area contributed by atoms with Crippen molar-refractivity contribution >= 4 is 0 Å². The largest absolute Gasteiger partial charge is 0.388 e. The molecule has 0 radical (unpaired) electrons. The monoisotopic (exact) mass is 174 g/mol. The Morgan fingerprint density at radius 3 is 2.08 bits per heavy atom. The minimum atomic E-state index is -0.688. The Hall–Kier alpha value is -0.120. The maximum atomic E-state index is 9.52. The summed E-state index contributed by atoms with van der Waals surface area (Å²) in [5, 5.41) is 19.0. The summed E-state index contributed by atoms with van der Waals surface area (Å²) < 4.78 is 5.48. The van der Waals surface area contributed by atoms with E-state index in [1.54, 1.807) is 0 Å². The van der Waals surface area contributed by atoms with Crippen molar-refractivity contribution in [3.8, 4) is 0 Å². The van der Waals surface area contributed by atoms with Gasteiger partial charge in [-0.1, -0.05) is 20.3 Å². The van der Waals surface area contributed by atoms with Gasteiger partial charge in [-0.15, -0.1) is 0 Å². The molecular formula is C9H18O3. The van der Waals surface area contributed by atoms with Crippen molar-refractivity contribution in [2.75, 3.05) is 0 Å². The third-order valence-corrected chi connectivity index (χ3v) is 2.44. The van der Waals surface area contributed by atoms with Crippen molar-refractivity contribution in [3.05, 3.63) is 0 Å². The second-order valence-corrected chi connectivity index (χ2v) is 3.39. The van der Waals surface area contributed by atoms with Crippen molar-refractivity contribution in [2.24, 2.45) is 0 Å². The van der Waals surface area contributed by atoms with Gasteiger partial charge in [0.05, 0.1) is 12.2 Å². The van der Waals surface area contributed by atoms with Crippen LogP contribution in [0.5, 0.6) is 0 Å². The van der Waals surface area contributed by atoms with Gasteiger partial charge in [0.25, 0.3) is 0 Å². The molecule has 1 heterocycles. The van der Waals surface area contributed by atoms with Crippen LogP contribution in [0.1, 0.15) is 33.1 Å². The van der Waals surface area contributed by atoms with E-state index in [-0.39, 0.29) is 12.2 Å². The van der Waals surface area contributed by atoms with Gasteiger partial charge in [-0.2, -0.15) is 0 Å². The van der Waals surface area contributed by atoms with E-state index in [1.165, 1.54) is 0 Å². The predicted octanol–water partition coefficient (Wildman–Crippen LogP) is 0.686. The Morgan fingerprint density at radius 2 is 1.67 bits per heavy atom. The van der Waals surface area contributed by atoms with Crippen LogP contribution < -0.4 is 0 Å². The molecule has 1 saturated heterocycles. The Balaban J connectivity index is 2.48. The molecule has 1 fully saturated rings. The molecule has 1 rings (SSSR count). The minimum absolute atomic E-state index is 0.157. The molecule has 72 valence electrons. The molecule has 0 aromatic heterocycles. The molecule has 0 spiro atoms. The van der Waals surface area contributed by atoms with E-state index in [9.17, 15) is 10.2 Å². The van der Waals surface area contributed by atoms with Crippen LogP contribution in [0.3, 0.4) is 0 Å². The molecule has 0 aromatic carbocycles. The van der Waals surface area contributed by atoms with Crippen molar-refractivity contribution in [1.82, 2.24) is 0 Å². The number of rotatable bonds is 3. The number of hydrogen-bond donors (Lipinski definition) is 2. The average molecular weight is 174 g/mol. The summed E-state index contributed by atoms with van der Waals surface area (Å²) in [6.45, 7) is 4.00. The number of hydrogen-bond acceptors (Lipinski definition) is 3. The van der Waals surface area contributed by atoms with E-state index in [1.807, 2.05) is 13.8 Å². The van der Waals surface area contributed by atoms with Crippen molar-refractivity contribution in [3.63, 3.8) is 0 Å². The van der Waals surface area contributed by atoms with E-state index in [0.717, 1.165) is 19.3 Å². The molecule has 3 nitrogen and oxygen atoms in total. The summed E-state index contributed by atoms with van der Waals surface area (Å²) in [6.07, 6.45) is 0.867. The summed E-state index contributed by atoms with van der Waals surface area (Å²) in [6, 6.07) is 0. The van der Waals surface area contributed by atoms with Gasteiger partial charge in [-0.25, -0.2) is 0 Å². The van der Waals surface area contributed by atoms with Crippen molar-refractivity contribution in [2.45, 2.75) is 57.5 Å². The molecule has 0 bridgehead atoms. The van der Waals surface area contributed by atoms with Crippen LogP contribution in [0.2, 0.25) is 0 Å². The van der Waals surface area contributed by atoms with Crippen LogP contribution in [0.25, 0.3) is 0 Å². The summed E-state index contributed by atoms with van der Waals surface area (Å²) in [5.41, 5.74) is 0. The lowest BCUT2D eigenvalue weighted by molar-refractivity contribution is 0.00249. The quantitative estimate of drug-likeness (QED) is 0.661. The molecule has 3 heteroatoms.